The number of benzene rings is 1. The number of amides is 1. The van der Waals surface area contributed by atoms with Gasteiger partial charge in [-0.15, -0.1) is 11.3 Å². The molecule has 1 aromatic carbocycles. The molecule has 0 saturated carbocycles. The van der Waals surface area contributed by atoms with Crippen molar-refractivity contribution < 1.29 is 18.7 Å². The van der Waals surface area contributed by atoms with Crippen LogP contribution in [0.1, 0.15) is 51.7 Å². The Kier molecular flexibility index (Phi) is 4.23. The number of hydrogen-bond donors (Lipinski definition) is 1. The van der Waals surface area contributed by atoms with Crippen molar-refractivity contribution in [3.8, 4) is 6.07 Å². The Balaban J connectivity index is 1.63. The number of esters is 1. The van der Waals surface area contributed by atoms with Gasteiger partial charge < -0.3 is 10.1 Å². The van der Waals surface area contributed by atoms with Crippen molar-refractivity contribution in [2.24, 2.45) is 0 Å². The van der Waals surface area contributed by atoms with Gasteiger partial charge in [0.2, 0.25) is 0 Å². The maximum atomic E-state index is 13.6. The first-order chi connectivity index (χ1) is 12.9. The van der Waals surface area contributed by atoms with Gasteiger partial charge in [0.25, 0.3) is 5.91 Å². The van der Waals surface area contributed by atoms with Crippen LogP contribution in [0, 0.1) is 17.1 Å². The zero-order valence-corrected chi connectivity index (χ0v) is 15.5. The van der Waals surface area contributed by atoms with Crippen LogP contribution in [0.5, 0.6) is 0 Å². The number of anilines is 1. The second-order valence-corrected chi connectivity index (χ2v) is 8.18. The Bertz CT molecular complexity index is 1010. The lowest BCUT2D eigenvalue weighted by molar-refractivity contribution is -0.134. The Morgan fingerprint density at radius 2 is 2.15 bits per heavy atom. The topological polar surface area (TPSA) is 79.2 Å². The summed E-state index contributed by atoms with van der Waals surface area (Å²) >= 11 is 1.41. The molecule has 27 heavy (non-hydrogen) atoms. The van der Waals surface area contributed by atoms with E-state index in [9.17, 15) is 19.2 Å². The third-order valence-electron chi connectivity index (χ3n) is 5.12. The van der Waals surface area contributed by atoms with Gasteiger partial charge in [-0.1, -0.05) is 0 Å². The standard InChI is InChI=1S/C20H17FN2O3S/c1-20(9-11-8-12(21)6-7-13(11)18(24)26-20)19(25)23-17-15(10-22)14-4-2-3-5-16(14)27-17/h6-8H,2-5,9H2,1H3,(H,23,25). The maximum absolute atomic E-state index is 13.6. The van der Waals surface area contributed by atoms with E-state index < -0.39 is 23.3 Å². The van der Waals surface area contributed by atoms with Crippen molar-refractivity contribution in [2.75, 3.05) is 5.32 Å². The number of fused-ring (bicyclic) bond motifs is 2. The molecule has 1 N–H and O–H groups in total. The third-order valence-corrected chi connectivity index (χ3v) is 6.33. The molecule has 0 spiro atoms. The number of hydrogen-bond acceptors (Lipinski definition) is 5. The van der Waals surface area contributed by atoms with Crippen LogP contribution in [0.4, 0.5) is 9.39 Å². The zero-order valence-electron chi connectivity index (χ0n) is 14.7. The van der Waals surface area contributed by atoms with Gasteiger partial charge in [0.1, 0.15) is 16.9 Å². The van der Waals surface area contributed by atoms with E-state index in [1.807, 2.05) is 0 Å². The Labute approximate surface area is 159 Å². The molecule has 1 unspecified atom stereocenters. The van der Waals surface area contributed by atoms with E-state index in [1.165, 1.54) is 36.5 Å². The normalized spacial score (nSPS) is 20.9. The number of ether oxygens (including phenoxy) is 1. The van der Waals surface area contributed by atoms with E-state index >= 15 is 0 Å². The number of nitriles is 1. The summed E-state index contributed by atoms with van der Waals surface area (Å²) in [7, 11) is 0. The van der Waals surface area contributed by atoms with E-state index in [4.69, 9.17) is 4.74 Å². The highest BCUT2D eigenvalue weighted by Gasteiger charge is 2.43. The van der Waals surface area contributed by atoms with Crippen molar-refractivity contribution in [2.45, 2.75) is 44.6 Å². The van der Waals surface area contributed by atoms with Crippen molar-refractivity contribution in [1.29, 1.82) is 5.26 Å². The van der Waals surface area contributed by atoms with Gasteiger partial charge in [-0.2, -0.15) is 5.26 Å². The highest BCUT2D eigenvalue weighted by molar-refractivity contribution is 7.16. The van der Waals surface area contributed by atoms with Crippen LogP contribution in [-0.4, -0.2) is 17.5 Å². The number of cyclic esters (lactones) is 1. The number of carbonyl (C=O) groups excluding carboxylic acids is 2. The average molecular weight is 384 g/mol. The first kappa shape index (κ1) is 17.7. The van der Waals surface area contributed by atoms with Crippen LogP contribution in [0.3, 0.4) is 0 Å². The minimum atomic E-state index is -1.46. The molecule has 0 bridgehead atoms. The van der Waals surface area contributed by atoms with Gasteiger partial charge in [0, 0.05) is 11.3 Å². The Morgan fingerprint density at radius 1 is 1.37 bits per heavy atom. The quantitative estimate of drug-likeness (QED) is 0.800. The summed E-state index contributed by atoms with van der Waals surface area (Å²) in [6.45, 7) is 1.51. The molecule has 0 saturated heterocycles. The van der Waals surface area contributed by atoms with Crippen LogP contribution in [0.2, 0.25) is 0 Å². The summed E-state index contributed by atoms with van der Waals surface area (Å²) in [6.07, 6.45) is 3.92. The molecule has 7 heteroatoms. The number of halogens is 1. The second-order valence-electron chi connectivity index (χ2n) is 7.08. The third kappa shape index (κ3) is 3.00. The largest absolute Gasteiger partial charge is 0.445 e. The van der Waals surface area contributed by atoms with Crippen LogP contribution in [0.25, 0.3) is 0 Å². The summed E-state index contributed by atoms with van der Waals surface area (Å²) in [4.78, 5) is 26.3. The summed E-state index contributed by atoms with van der Waals surface area (Å²) in [5.74, 6) is -1.63. The van der Waals surface area contributed by atoms with Gasteiger partial charge in [-0.3, -0.25) is 4.79 Å². The molecule has 1 atom stereocenters. The van der Waals surface area contributed by atoms with Crippen LogP contribution < -0.4 is 5.32 Å². The van der Waals surface area contributed by atoms with E-state index in [1.54, 1.807) is 0 Å². The van der Waals surface area contributed by atoms with Crippen molar-refractivity contribution >= 4 is 28.2 Å². The fraction of sp³-hybridized carbons (Fsp3) is 0.350. The molecule has 1 amide bonds. The Hall–Kier alpha value is -2.72. The average Bonchev–Trinajstić information content (AvgIpc) is 2.98. The van der Waals surface area contributed by atoms with Crippen molar-refractivity contribution in [3.05, 3.63) is 51.1 Å². The highest BCUT2D eigenvalue weighted by atomic mass is 32.1. The molecule has 0 fully saturated rings. The van der Waals surface area contributed by atoms with E-state index in [-0.39, 0.29) is 12.0 Å². The van der Waals surface area contributed by atoms with Crippen LogP contribution in [-0.2, 0) is 28.8 Å². The second kappa shape index (κ2) is 6.46. The molecule has 2 aromatic rings. The lowest BCUT2D eigenvalue weighted by atomic mass is 9.89. The fourth-order valence-electron chi connectivity index (χ4n) is 3.70. The predicted octanol–water partition coefficient (Wildman–Crippen LogP) is 3.75. The molecule has 1 aliphatic carbocycles. The SMILES string of the molecule is CC1(C(=O)Nc2sc3c(c2C#N)CCCC3)Cc2cc(F)ccc2C(=O)O1. The van der Waals surface area contributed by atoms with Gasteiger partial charge in [-0.05, 0) is 61.9 Å². The van der Waals surface area contributed by atoms with E-state index in [2.05, 4.69) is 11.4 Å². The van der Waals surface area contributed by atoms with Crippen molar-refractivity contribution in [1.82, 2.24) is 0 Å². The number of nitrogens with zero attached hydrogens (tertiary/aromatic N) is 1. The predicted molar refractivity (Wildman–Crippen MR) is 98.2 cm³/mol. The molecular weight excluding hydrogens is 367 g/mol. The molecule has 4 rings (SSSR count). The smallest absolute Gasteiger partial charge is 0.339 e. The van der Waals surface area contributed by atoms with Gasteiger partial charge in [0.15, 0.2) is 5.60 Å². The van der Waals surface area contributed by atoms with Crippen LogP contribution >= 0.6 is 11.3 Å². The lowest BCUT2D eigenvalue weighted by Gasteiger charge is -2.32. The maximum Gasteiger partial charge on any atom is 0.339 e. The van der Waals surface area contributed by atoms with Crippen LogP contribution in [0.15, 0.2) is 18.2 Å². The molecule has 0 radical (unpaired) electrons. The fourth-order valence-corrected chi connectivity index (χ4v) is 4.94. The summed E-state index contributed by atoms with van der Waals surface area (Å²) < 4.78 is 19.0. The number of nitrogens with one attached hydrogen (secondary N) is 1. The van der Waals surface area contributed by atoms with E-state index in [0.29, 0.717) is 16.1 Å². The molecule has 1 aromatic heterocycles. The summed E-state index contributed by atoms with van der Waals surface area (Å²) in [5.41, 5.74) is 0.762. The first-order valence-electron chi connectivity index (χ1n) is 8.79. The minimum absolute atomic E-state index is 0.0741. The summed E-state index contributed by atoms with van der Waals surface area (Å²) in [6, 6.07) is 6.01. The molecular formula is C20H17FN2O3S. The lowest BCUT2D eigenvalue weighted by Crippen LogP contribution is -2.48. The first-order valence-corrected chi connectivity index (χ1v) is 9.61. The van der Waals surface area contributed by atoms with Gasteiger partial charge in [0.05, 0.1) is 11.1 Å². The summed E-state index contributed by atoms with van der Waals surface area (Å²) in [5, 5.41) is 12.8. The monoisotopic (exact) mass is 384 g/mol. The molecule has 2 heterocycles. The molecule has 1 aliphatic heterocycles. The molecule has 5 nitrogen and oxygen atoms in total. The number of aryl methyl sites for hydroxylation is 1. The number of thiophene rings is 1. The van der Waals surface area contributed by atoms with Crippen molar-refractivity contribution in [3.63, 3.8) is 0 Å². The number of carbonyl (C=O) groups is 2. The highest BCUT2D eigenvalue weighted by Crippen LogP contribution is 2.38. The zero-order chi connectivity index (χ0) is 19.2. The molecule has 2 aliphatic rings. The Morgan fingerprint density at radius 3 is 2.93 bits per heavy atom. The van der Waals surface area contributed by atoms with Gasteiger partial charge >= 0.3 is 5.97 Å². The molecule has 138 valence electrons. The minimum Gasteiger partial charge on any atom is -0.445 e. The van der Waals surface area contributed by atoms with Gasteiger partial charge in [-0.25, -0.2) is 9.18 Å². The van der Waals surface area contributed by atoms with E-state index in [0.717, 1.165) is 36.1 Å². The number of rotatable bonds is 2.